The molecule has 112 valence electrons. The molecular weight excluding hydrogens is 287 g/mol. The van der Waals surface area contributed by atoms with E-state index in [1.54, 1.807) is 36.4 Å². The van der Waals surface area contributed by atoms with Gasteiger partial charge in [-0.2, -0.15) is 0 Å². The lowest BCUT2D eigenvalue weighted by Crippen LogP contribution is -2.63. The number of nitrogens with zero attached hydrogens (tertiary/aromatic N) is 1. The largest absolute Gasteiger partial charge is 0.454 e. The van der Waals surface area contributed by atoms with Gasteiger partial charge < -0.3 is 20.1 Å². The molecule has 1 amide bonds. The fraction of sp³-hybridized carbons (Fsp3) is 0.188. The molecule has 2 aliphatic rings. The summed E-state index contributed by atoms with van der Waals surface area (Å²) in [6.07, 6.45) is 0. The van der Waals surface area contributed by atoms with Crippen molar-refractivity contribution in [1.29, 1.82) is 0 Å². The summed E-state index contributed by atoms with van der Waals surface area (Å²) in [4.78, 5) is 13.7. The molecule has 0 radical (unpaired) electrons. The zero-order valence-corrected chi connectivity index (χ0v) is 11.5. The molecule has 2 atom stereocenters. The Morgan fingerprint density at radius 3 is 2.73 bits per heavy atom. The normalized spacial score (nSPS) is 22.6. The number of fused-ring (bicyclic) bond motifs is 1. The second kappa shape index (κ2) is 4.71. The number of nitrogens with two attached hydrogens (primary N) is 1. The Morgan fingerprint density at radius 1 is 1.14 bits per heavy atom. The quantitative estimate of drug-likeness (QED) is 0.861. The molecule has 4 rings (SSSR count). The Morgan fingerprint density at radius 2 is 1.91 bits per heavy atom. The van der Waals surface area contributed by atoms with Gasteiger partial charge >= 0.3 is 0 Å². The molecule has 5 nitrogen and oxygen atoms in total. The van der Waals surface area contributed by atoms with Gasteiger partial charge in [0.2, 0.25) is 12.7 Å². The molecule has 6 heteroatoms. The van der Waals surface area contributed by atoms with Crippen LogP contribution >= 0.6 is 0 Å². The van der Waals surface area contributed by atoms with E-state index in [0.29, 0.717) is 22.7 Å². The number of halogens is 1. The molecule has 0 aromatic heterocycles. The van der Waals surface area contributed by atoms with E-state index in [1.807, 2.05) is 0 Å². The number of hydrogen-bond acceptors (Lipinski definition) is 4. The van der Waals surface area contributed by atoms with E-state index in [1.165, 1.54) is 11.0 Å². The maximum atomic E-state index is 14.0. The van der Waals surface area contributed by atoms with Gasteiger partial charge in [0.25, 0.3) is 0 Å². The van der Waals surface area contributed by atoms with Crippen LogP contribution in [-0.2, 0) is 4.79 Å². The lowest BCUT2D eigenvalue weighted by molar-refractivity contribution is -0.126. The average molecular weight is 300 g/mol. The van der Waals surface area contributed by atoms with Gasteiger partial charge in [-0.15, -0.1) is 0 Å². The van der Waals surface area contributed by atoms with Gasteiger partial charge in [0.15, 0.2) is 11.5 Å². The molecule has 0 aliphatic carbocycles. The van der Waals surface area contributed by atoms with Crippen LogP contribution in [0.4, 0.5) is 10.1 Å². The first-order valence-electron chi connectivity index (χ1n) is 6.89. The van der Waals surface area contributed by atoms with Crippen LogP contribution in [0.5, 0.6) is 11.5 Å². The molecule has 2 aliphatic heterocycles. The van der Waals surface area contributed by atoms with E-state index in [9.17, 15) is 9.18 Å². The minimum absolute atomic E-state index is 0.156. The topological polar surface area (TPSA) is 64.8 Å². The summed E-state index contributed by atoms with van der Waals surface area (Å²) >= 11 is 0. The minimum Gasteiger partial charge on any atom is -0.454 e. The van der Waals surface area contributed by atoms with Gasteiger partial charge in [0, 0.05) is 17.3 Å². The van der Waals surface area contributed by atoms with E-state index in [2.05, 4.69) is 0 Å². The van der Waals surface area contributed by atoms with Gasteiger partial charge in [-0.05, 0) is 18.2 Å². The van der Waals surface area contributed by atoms with Crippen molar-refractivity contribution in [3.8, 4) is 11.5 Å². The van der Waals surface area contributed by atoms with Crippen molar-refractivity contribution in [3.63, 3.8) is 0 Å². The van der Waals surface area contributed by atoms with E-state index in [4.69, 9.17) is 15.2 Å². The summed E-state index contributed by atoms with van der Waals surface area (Å²) in [7, 11) is 0. The van der Waals surface area contributed by atoms with E-state index in [0.717, 1.165) is 0 Å². The molecule has 2 heterocycles. The SMILES string of the molecule is N[C@H]1C(=O)N(c2ccc3c(c2)OCO3)[C@H]1c1ccccc1F. The highest BCUT2D eigenvalue weighted by Crippen LogP contribution is 2.43. The molecule has 22 heavy (non-hydrogen) atoms. The van der Waals surface area contributed by atoms with Crippen LogP contribution < -0.4 is 20.1 Å². The first-order valence-corrected chi connectivity index (χ1v) is 6.89. The number of carbonyl (C=O) groups excluding carboxylic acids is 1. The minimum atomic E-state index is -0.748. The highest BCUT2D eigenvalue weighted by molar-refractivity contribution is 6.05. The number of carbonyl (C=O) groups is 1. The van der Waals surface area contributed by atoms with Crippen LogP contribution in [0, 0.1) is 5.82 Å². The zero-order chi connectivity index (χ0) is 15.3. The lowest BCUT2D eigenvalue weighted by Gasteiger charge is -2.45. The van der Waals surface area contributed by atoms with Gasteiger partial charge in [0.1, 0.15) is 11.9 Å². The van der Waals surface area contributed by atoms with Gasteiger partial charge in [0.05, 0.1) is 6.04 Å². The molecule has 0 unspecified atom stereocenters. The molecule has 0 spiro atoms. The maximum absolute atomic E-state index is 14.0. The summed E-state index contributed by atoms with van der Waals surface area (Å²) in [5, 5.41) is 0. The summed E-state index contributed by atoms with van der Waals surface area (Å²) < 4.78 is 24.6. The standard InChI is InChI=1S/C16H13FN2O3/c17-11-4-2-1-3-10(11)15-14(18)16(20)19(15)9-5-6-12-13(7-9)22-8-21-12/h1-7,14-15H,8,18H2/t14-,15+/m1/s1. The molecule has 1 fully saturated rings. The Hall–Kier alpha value is -2.60. The Balaban J connectivity index is 1.74. The van der Waals surface area contributed by atoms with Crippen LogP contribution in [-0.4, -0.2) is 18.7 Å². The van der Waals surface area contributed by atoms with Gasteiger partial charge in [-0.25, -0.2) is 4.39 Å². The van der Waals surface area contributed by atoms with E-state index >= 15 is 0 Å². The number of anilines is 1. The Bertz CT molecular complexity index is 765. The number of hydrogen-bond donors (Lipinski definition) is 1. The zero-order valence-electron chi connectivity index (χ0n) is 11.5. The van der Waals surface area contributed by atoms with Gasteiger partial charge in [-0.1, -0.05) is 18.2 Å². The summed E-state index contributed by atoms with van der Waals surface area (Å²) in [6, 6.07) is 10.3. The van der Waals surface area contributed by atoms with Gasteiger partial charge in [-0.3, -0.25) is 4.79 Å². The number of β-lactam (4-membered cyclic amide) rings is 1. The highest BCUT2D eigenvalue weighted by atomic mass is 19.1. The number of benzene rings is 2. The van der Waals surface area contributed by atoms with Crippen molar-refractivity contribution < 1.29 is 18.7 Å². The molecule has 1 saturated heterocycles. The molecule has 2 aromatic carbocycles. The monoisotopic (exact) mass is 300 g/mol. The van der Waals surface area contributed by atoms with Crippen LogP contribution in [0.3, 0.4) is 0 Å². The smallest absolute Gasteiger partial charge is 0.247 e. The third kappa shape index (κ3) is 1.77. The van der Waals surface area contributed by atoms with E-state index in [-0.39, 0.29) is 18.5 Å². The Kier molecular flexibility index (Phi) is 2.80. The maximum Gasteiger partial charge on any atom is 0.247 e. The highest BCUT2D eigenvalue weighted by Gasteiger charge is 2.47. The Labute approximate surface area is 126 Å². The van der Waals surface area contributed by atoms with Crippen molar-refractivity contribution in [2.75, 3.05) is 11.7 Å². The van der Waals surface area contributed by atoms with Crippen LogP contribution in [0.25, 0.3) is 0 Å². The predicted octanol–water partition coefficient (Wildman–Crippen LogP) is 1.97. The third-order valence-electron chi connectivity index (χ3n) is 4.00. The van der Waals surface area contributed by atoms with Crippen molar-refractivity contribution in [3.05, 3.63) is 53.8 Å². The lowest BCUT2D eigenvalue weighted by atomic mass is 9.88. The van der Waals surface area contributed by atoms with Crippen molar-refractivity contribution in [2.24, 2.45) is 5.73 Å². The summed E-state index contributed by atoms with van der Waals surface area (Å²) in [5.74, 6) is 0.579. The van der Waals surface area contributed by atoms with E-state index < -0.39 is 12.1 Å². The average Bonchev–Trinajstić information content (AvgIpc) is 3.00. The third-order valence-corrected chi connectivity index (χ3v) is 4.00. The second-order valence-electron chi connectivity index (χ2n) is 5.24. The van der Waals surface area contributed by atoms with Crippen LogP contribution in [0.1, 0.15) is 11.6 Å². The fourth-order valence-electron chi connectivity index (χ4n) is 2.88. The molecular formula is C16H13FN2O3. The summed E-state index contributed by atoms with van der Waals surface area (Å²) in [6.45, 7) is 0.156. The van der Waals surface area contributed by atoms with Crippen molar-refractivity contribution in [1.82, 2.24) is 0 Å². The first-order chi connectivity index (χ1) is 10.7. The molecule has 2 aromatic rings. The molecule has 0 saturated carbocycles. The first kappa shape index (κ1) is 13.1. The molecule has 0 bridgehead atoms. The van der Waals surface area contributed by atoms with Crippen molar-refractivity contribution in [2.45, 2.75) is 12.1 Å². The molecule has 2 N–H and O–H groups in total. The number of amides is 1. The van der Waals surface area contributed by atoms with Crippen LogP contribution in [0.15, 0.2) is 42.5 Å². The van der Waals surface area contributed by atoms with Crippen molar-refractivity contribution >= 4 is 11.6 Å². The fourth-order valence-corrected chi connectivity index (χ4v) is 2.88. The number of ether oxygens (including phenoxy) is 2. The predicted molar refractivity (Wildman–Crippen MR) is 77.2 cm³/mol. The summed E-state index contributed by atoms with van der Waals surface area (Å²) in [5.41, 5.74) is 6.92. The second-order valence-corrected chi connectivity index (χ2v) is 5.24. The van der Waals surface area contributed by atoms with Crippen LogP contribution in [0.2, 0.25) is 0 Å². The number of rotatable bonds is 2.